The Balaban J connectivity index is 1.87. The van der Waals surface area contributed by atoms with E-state index in [4.69, 9.17) is 15.5 Å². The van der Waals surface area contributed by atoms with Crippen molar-refractivity contribution in [2.24, 2.45) is 18.2 Å². The summed E-state index contributed by atoms with van der Waals surface area (Å²) in [6, 6.07) is 3.79. The van der Waals surface area contributed by atoms with Gasteiger partial charge in [-0.3, -0.25) is 9.36 Å². The number of aromatic nitrogens is 2. The van der Waals surface area contributed by atoms with Gasteiger partial charge < -0.3 is 15.4 Å². The molecule has 0 amide bonds. The maximum atomic E-state index is 13.0. The number of aryl methyl sites for hydroxylation is 1. The van der Waals surface area contributed by atoms with E-state index in [0.717, 1.165) is 55.3 Å². The van der Waals surface area contributed by atoms with Crippen LogP contribution in [0.25, 0.3) is 10.9 Å². The molecule has 0 saturated carbocycles. The summed E-state index contributed by atoms with van der Waals surface area (Å²) in [5.74, 6) is 0.745. The van der Waals surface area contributed by atoms with Crippen LogP contribution in [0.4, 0.5) is 5.95 Å². The van der Waals surface area contributed by atoms with E-state index in [9.17, 15) is 4.79 Å². The topological polar surface area (TPSA) is 73.4 Å². The number of fused-ring (bicyclic) bond motifs is 1. The van der Waals surface area contributed by atoms with E-state index < -0.39 is 0 Å². The van der Waals surface area contributed by atoms with Crippen molar-refractivity contribution in [3.8, 4) is 0 Å². The molecule has 6 nitrogen and oxygen atoms in total. The average molecular weight is 342 g/mol. The molecule has 2 N–H and O–H groups in total. The molecule has 2 fully saturated rings. The van der Waals surface area contributed by atoms with Crippen molar-refractivity contribution < 1.29 is 4.74 Å². The van der Waals surface area contributed by atoms with Crippen LogP contribution in [-0.4, -0.2) is 35.9 Å². The van der Waals surface area contributed by atoms with E-state index in [1.165, 1.54) is 6.42 Å². The number of piperidine rings is 1. The highest BCUT2D eigenvalue weighted by molar-refractivity contribution is 5.83. The van der Waals surface area contributed by atoms with E-state index in [1.54, 1.807) is 4.57 Å². The van der Waals surface area contributed by atoms with Crippen molar-refractivity contribution in [2.75, 3.05) is 31.2 Å². The number of rotatable bonds is 2. The van der Waals surface area contributed by atoms with Crippen LogP contribution in [0.5, 0.6) is 0 Å². The number of hydrogen-bond donors (Lipinski definition) is 1. The molecule has 6 heteroatoms. The standard InChI is InChI=1S/C19H26N4O2/c1-12-7-14(13(2)20)16-15(8-12)17(24)22(3)18(21-16)23-6-4-5-19(9-23)10-25-11-19/h7-8,13H,4-6,9-11,20H2,1-3H3. The second-order valence-corrected chi connectivity index (χ2v) is 7.83. The predicted molar refractivity (Wildman–Crippen MR) is 99.0 cm³/mol. The molecule has 1 spiro atoms. The zero-order chi connectivity index (χ0) is 17.8. The largest absolute Gasteiger partial charge is 0.380 e. The van der Waals surface area contributed by atoms with Crippen LogP contribution in [0.15, 0.2) is 16.9 Å². The summed E-state index contributed by atoms with van der Waals surface area (Å²) in [6.45, 7) is 7.38. The predicted octanol–water partition coefficient (Wildman–Crippen LogP) is 1.88. The molecule has 25 heavy (non-hydrogen) atoms. The van der Waals surface area contributed by atoms with Crippen LogP contribution in [0.1, 0.15) is 36.9 Å². The van der Waals surface area contributed by atoms with Gasteiger partial charge in [0.05, 0.1) is 24.1 Å². The van der Waals surface area contributed by atoms with Crippen molar-refractivity contribution in [2.45, 2.75) is 32.7 Å². The van der Waals surface area contributed by atoms with Gasteiger partial charge in [0, 0.05) is 31.6 Å². The van der Waals surface area contributed by atoms with Crippen LogP contribution in [0, 0.1) is 12.3 Å². The van der Waals surface area contributed by atoms with Gasteiger partial charge in [-0.25, -0.2) is 4.98 Å². The Morgan fingerprint density at radius 3 is 2.76 bits per heavy atom. The van der Waals surface area contributed by atoms with Gasteiger partial charge in [-0.2, -0.15) is 0 Å². The van der Waals surface area contributed by atoms with Crippen molar-refractivity contribution in [3.05, 3.63) is 33.6 Å². The van der Waals surface area contributed by atoms with Crippen LogP contribution >= 0.6 is 0 Å². The first kappa shape index (κ1) is 16.5. The number of hydrogen-bond acceptors (Lipinski definition) is 5. The smallest absolute Gasteiger partial charge is 0.262 e. The van der Waals surface area contributed by atoms with Gasteiger partial charge >= 0.3 is 0 Å². The van der Waals surface area contributed by atoms with Crippen molar-refractivity contribution >= 4 is 16.9 Å². The molecule has 1 atom stereocenters. The lowest BCUT2D eigenvalue weighted by molar-refractivity contribution is -0.118. The van der Waals surface area contributed by atoms with Crippen LogP contribution in [0.2, 0.25) is 0 Å². The minimum Gasteiger partial charge on any atom is -0.380 e. The lowest BCUT2D eigenvalue weighted by atomic mass is 9.78. The van der Waals surface area contributed by atoms with E-state index >= 15 is 0 Å². The Hall–Kier alpha value is -1.92. The second-order valence-electron chi connectivity index (χ2n) is 7.83. The van der Waals surface area contributed by atoms with Gasteiger partial charge in [-0.05, 0) is 43.9 Å². The molecule has 0 radical (unpaired) electrons. The molecular weight excluding hydrogens is 316 g/mol. The van der Waals surface area contributed by atoms with Crippen LogP contribution in [-0.2, 0) is 11.8 Å². The fourth-order valence-electron chi connectivity index (χ4n) is 4.18. The molecule has 1 aromatic heterocycles. The molecular formula is C19H26N4O2. The SMILES string of the molecule is Cc1cc(C(C)N)c2nc(N3CCCC4(COC4)C3)n(C)c(=O)c2c1. The third kappa shape index (κ3) is 2.64. The molecule has 2 aliphatic heterocycles. The summed E-state index contributed by atoms with van der Waals surface area (Å²) >= 11 is 0. The monoisotopic (exact) mass is 342 g/mol. The molecule has 0 aliphatic carbocycles. The summed E-state index contributed by atoms with van der Waals surface area (Å²) in [5.41, 5.74) is 9.11. The maximum absolute atomic E-state index is 13.0. The lowest BCUT2D eigenvalue weighted by Gasteiger charge is -2.48. The first-order valence-electron chi connectivity index (χ1n) is 9.00. The Bertz CT molecular complexity index is 883. The van der Waals surface area contributed by atoms with E-state index in [2.05, 4.69) is 4.90 Å². The molecule has 3 heterocycles. The number of ether oxygens (including phenoxy) is 1. The fraction of sp³-hybridized carbons (Fsp3) is 0.579. The normalized spacial score (nSPS) is 20.7. The van der Waals surface area contributed by atoms with Gasteiger partial charge in [0.25, 0.3) is 5.56 Å². The number of nitrogens with zero attached hydrogens (tertiary/aromatic N) is 3. The summed E-state index contributed by atoms with van der Waals surface area (Å²) in [7, 11) is 1.82. The summed E-state index contributed by atoms with van der Waals surface area (Å²) in [6.07, 6.45) is 2.29. The molecule has 2 saturated heterocycles. The first-order chi connectivity index (χ1) is 11.9. The Morgan fingerprint density at radius 2 is 2.12 bits per heavy atom. The van der Waals surface area contributed by atoms with Crippen molar-refractivity contribution in [1.82, 2.24) is 9.55 Å². The molecule has 134 valence electrons. The van der Waals surface area contributed by atoms with Gasteiger partial charge in [0.15, 0.2) is 0 Å². The quantitative estimate of drug-likeness (QED) is 0.902. The summed E-state index contributed by atoms with van der Waals surface area (Å²) in [4.78, 5) is 20.2. The van der Waals surface area contributed by atoms with Gasteiger partial charge in [-0.1, -0.05) is 6.07 Å². The molecule has 4 rings (SSSR count). The molecule has 0 bridgehead atoms. The minimum atomic E-state index is -0.164. The third-order valence-electron chi connectivity index (χ3n) is 5.58. The third-order valence-corrected chi connectivity index (χ3v) is 5.58. The second kappa shape index (κ2) is 5.81. The van der Waals surface area contributed by atoms with Crippen molar-refractivity contribution in [3.63, 3.8) is 0 Å². The summed E-state index contributed by atoms with van der Waals surface area (Å²) in [5, 5.41) is 0.650. The van der Waals surface area contributed by atoms with Gasteiger partial charge in [0.2, 0.25) is 5.95 Å². The van der Waals surface area contributed by atoms with Crippen molar-refractivity contribution in [1.29, 1.82) is 0 Å². The molecule has 1 unspecified atom stereocenters. The van der Waals surface area contributed by atoms with E-state index in [-0.39, 0.29) is 17.0 Å². The van der Waals surface area contributed by atoms with Gasteiger partial charge in [0.1, 0.15) is 0 Å². The van der Waals surface area contributed by atoms with Crippen LogP contribution in [0.3, 0.4) is 0 Å². The highest BCUT2D eigenvalue weighted by atomic mass is 16.5. The zero-order valence-corrected chi connectivity index (χ0v) is 15.2. The lowest BCUT2D eigenvalue weighted by Crippen LogP contribution is -2.55. The molecule has 1 aromatic carbocycles. The van der Waals surface area contributed by atoms with E-state index in [1.807, 2.05) is 33.0 Å². The Morgan fingerprint density at radius 1 is 1.36 bits per heavy atom. The highest BCUT2D eigenvalue weighted by Gasteiger charge is 2.42. The Kier molecular flexibility index (Phi) is 3.85. The molecule has 2 aliphatic rings. The minimum absolute atomic E-state index is 0.00455. The average Bonchev–Trinajstić information content (AvgIpc) is 2.56. The number of anilines is 1. The fourth-order valence-corrected chi connectivity index (χ4v) is 4.18. The van der Waals surface area contributed by atoms with E-state index in [0.29, 0.717) is 5.39 Å². The zero-order valence-electron chi connectivity index (χ0n) is 15.2. The Labute approximate surface area is 147 Å². The number of nitrogens with two attached hydrogens (primary N) is 1. The van der Waals surface area contributed by atoms with Gasteiger partial charge in [-0.15, -0.1) is 0 Å². The number of benzene rings is 1. The van der Waals surface area contributed by atoms with Crippen LogP contribution < -0.4 is 16.2 Å². The maximum Gasteiger partial charge on any atom is 0.262 e. The highest BCUT2D eigenvalue weighted by Crippen LogP contribution is 2.38. The molecule has 2 aromatic rings. The first-order valence-corrected chi connectivity index (χ1v) is 9.00. The summed E-state index contributed by atoms with van der Waals surface area (Å²) < 4.78 is 7.14.